The van der Waals surface area contributed by atoms with Crippen LogP contribution < -0.4 is 46.1 Å². The Kier molecular flexibility index (Phi) is 8.51. The van der Waals surface area contributed by atoms with E-state index in [1.807, 2.05) is 0 Å². The first-order chi connectivity index (χ1) is 4.13. The summed E-state index contributed by atoms with van der Waals surface area (Å²) in [5.41, 5.74) is 9.79. The number of aliphatic carboxylic acids is 1. The molecule has 0 rings (SSSR count). The van der Waals surface area contributed by atoms with Crippen molar-refractivity contribution in [2.45, 2.75) is 6.42 Å². The summed E-state index contributed by atoms with van der Waals surface area (Å²) in [7, 11) is 0. The van der Waals surface area contributed by atoms with Crippen LogP contribution in [0.2, 0.25) is 0 Å². The maximum atomic E-state index is 9.72. The molecule has 0 bridgehead atoms. The van der Waals surface area contributed by atoms with E-state index in [0.29, 0.717) is 0 Å². The Labute approximate surface area is 80.8 Å². The molecule has 0 aromatic heterocycles. The van der Waals surface area contributed by atoms with Crippen molar-refractivity contribution >= 4 is 11.9 Å². The fraction of sp³-hybridized carbons (Fsp3) is 0.500. The van der Waals surface area contributed by atoms with Crippen LogP contribution in [0.4, 0.5) is 0 Å². The van der Waals surface area contributed by atoms with Crippen LogP contribution in [0.1, 0.15) is 6.42 Å². The maximum absolute atomic E-state index is 9.72. The van der Waals surface area contributed by atoms with Gasteiger partial charge in [-0.05, 0) is 0 Å². The van der Waals surface area contributed by atoms with Gasteiger partial charge in [-0.25, -0.2) is 0 Å². The average molecular weight is 153 g/mol. The van der Waals surface area contributed by atoms with Crippen molar-refractivity contribution in [2.24, 2.45) is 16.5 Å². The van der Waals surface area contributed by atoms with Crippen LogP contribution in [0, 0.1) is 0 Å². The summed E-state index contributed by atoms with van der Waals surface area (Å²) in [5, 5.41) is 9.72. The Morgan fingerprint density at radius 2 is 2.00 bits per heavy atom. The minimum atomic E-state index is -1.15. The smallest absolute Gasteiger partial charge is 0.550 e. The largest absolute Gasteiger partial charge is 1.00 e. The molecule has 0 spiro atoms. The van der Waals surface area contributed by atoms with Gasteiger partial charge < -0.3 is 21.4 Å². The number of nitrogens with two attached hydrogens (primary N) is 2. The van der Waals surface area contributed by atoms with Crippen molar-refractivity contribution in [2.75, 3.05) is 6.54 Å². The van der Waals surface area contributed by atoms with Gasteiger partial charge in [0.1, 0.15) is 0 Å². The molecule has 0 saturated heterocycles. The number of rotatable bonds is 3. The van der Waals surface area contributed by atoms with Crippen molar-refractivity contribution in [1.82, 2.24) is 0 Å². The molecule has 0 aromatic carbocycles. The molecule has 0 amide bonds. The average Bonchev–Trinajstić information content (AvgIpc) is 1.63. The molecule has 5 nitrogen and oxygen atoms in total. The minimum Gasteiger partial charge on any atom is -0.550 e. The van der Waals surface area contributed by atoms with E-state index in [-0.39, 0.29) is 48.5 Å². The molecule has 0 aromatic rings. The zero-order valence-corrected chi connectivity index (χ0v) is 7.83. The Morgan fingerprint density at radius 1 is 1.50 bits per heavy atom. The molecule has 0 aliphatic rings. The van der Waals surface area contributed by atoms with Gasteiger partial charge in [0.2, 0.25) is 0 Å². The SMILES string of the molecule is NC(N)=NCCC(=O)[O-].[Na+]. The number of carboxylic acids is 1. The van der Waals surface area contributed by atoms with E-state index in [0.717, 1.165) is 0 Å². The first-order valence-corrected chi connectivity index (χ1v) is 2.38. The Bertz CT molecular complexity index is 132. The number of aliphatic imine (C=N–C) groups is 1. The number of guanidine groups is 1. The van der Waals surface area contributed by atoms with Gasteiger partial charge in [0.25, 0.3) is 0 Å². The molecule has 0 radical (unpaired) electrons. The van der Waals surface area contributed by atoms with Crippen molar-refractivity contribution in [3.8, 4) is 0 Å². The van der Waals surface area contributed by atoms with Crippen molar-refractivity contribution in [1.29, 1.82) is 0 Å². The van der Waals surface area contributed by atoms with E-state index in [2.05, 4.69) is 4.99 Å². The summed E-state index contributed by atoms with van der Waals surface area (Å²) in [6.45, 7) is 0.0880. The normalized spacial score (nSPS) is 7.60. The summed E-state index contributed by atoms with van der Waals surface area (Å²) in [6, 6.07) is 0. The van der Waals surface area contributed by atoms with Gasteiger partial charge in [0.15, 0.2) is 5.96 Å². The number of carboxylic acid groups (broad SMARTS) is 1. The third-order valence-electron chi connectivity index (χ3n) is 0.610. The van der Waals surface area contributed by atoms with Crippen molar-refractivity contribution < 1.29 is 39.5 Å². The molecule has 0 atom stereocenters. The maximum Gasteiger partial charge on any atom is 1.00 e. The molecule has 10 heavy (non-hydrogen) atoms. The molecular weight excluding hydrogens is 145 g/mol. The van der Waals surface area contributed by atoms with Gasteiger partial charge in [-0.15, -0.1) is 0 Å². The minimum absolute atomic E-state index is 0. The van der Waals surface area contributed by atoms with E-state index in [9.17, 15) is 9.90 Å². The molecule has 0 saturated carbocycles. The van der Waals surface area contributed by atoms with Crippen LogP contribution in [0.15, 0.2) is 4.99 Å². The third-order valence-corrected chi connectivity index (χ3v) is 0.610. The Hall–Kier alpha value is -0.260. The monoisotopic (exact) mass is 153 g/mol. The van der Waals surface area contributed by atoms with Crippen LogP contribution >= 0.6 is 0 Å². The first-order valence-electron chi connectivity index (χ1n) is 2.38. The topological polar surface area (TPSA) is 105 Å². The number of hydrogen-bond acceptors (Lipinski definition) is 3. The zero-order chi connectivity index (χ0) is 7.28. The molecular formula is C4H8N3NaO2. The number of nitrogens with zero attached hydrogens (tertiary/aromatic N) is 1. The first kappa shape index (κ1) is 12.4. The van der Waals surface area contributed by atoms with E-state index in [4.69, 9.17) is 11.5 Å². The van der Waals surface area contributed by atoms with Crippen LogP contribution in [-0.4, -0.2) is 18.5 Å². The summed E-state index contributed by atoms with van der Waals surface area (Å²) in [5.74, 6) is -1.25. The van der Waals surface area contributed by atoms with Crippen molar-refractivity contribution in [3.63, 3.8) is 0 Å². The Balaban J connectivity index is 0. The van der Waals surface area contributed by atoms with Crippen LogP contribution in [-0.2, 0) is 4.79 Å². The molecule has 0 fully saturated rings. The van der Waals surface area contributed by atoms with E-state index in [1.54, 1.807) is 0 Å². The van der Waals surface area contributed by atoms with Gasteiger partial charge in [0, 0.05) is 18.9 Å². The van der Waals surface area contributed by atoms with Gasteiger partial charge >= 0.3 is 29.6 Å². The molecule has 0 aliphatic carbocycles. The predicted octanol–water partition coefficient (Wildman–Crippen LogP) is -5.60. The second kappa shape index (κ2) is 6.85. The fourth-order valence-corrected chi connectivity index (χ4v) is 0.276. The van der Waals surface area contributed by atoms with E-state index >= 15 is 0 Å². The van der Waals surface area contributed by atoms with Crippen molar-refractivity contribution in [3.05, 3.63) is 0 Å². The summed E-state index contributed by atoms with van der Waals surface area (Å²) in [6.07, 6.45) is -0.141. The summed E-state index contributed by atoms with van der Waals surface area (Å²) < 4.78 is 0. The number of carbonyl (C=O) groups excluding carboxylic acids is 1. The number of hydrogen-bond donors (Lipinski definition) is 2. The van der Waals surface area contributed by atoms with Crippen LogP contribution in [0.3, 0.4) is 0 Å². The second-order valence-corrected chi connectivity index (χ2v) is 1.43. The van der Waals surface area contributed by atoms with Crippen LogP contribution in [0.25, 0.3) is 0 Å². The molecule has 0 unspecified atom stereocenters. The third kappa shape index (κ3) is 10.7. The molecule has 0 heterocycles. The quantitative estimate of drug-likeness (QED) is 0.239. The van der Waals surface area contributed by atoms with Gasteiger partial charge in [-0.2, -0.15) is 0 Å². The van der Waals surface area contributed by atoms with E-state index < -0.39 is 5.97 Å². The Morgan fingerprint density at radius 3 is 2.30 bits per heavy atom. The van der Waals surface area contributed by atoms with E-state index in [1.165, 1.54) is 0 Å². The molecule has 0 aliphatic heterocycles. The molecule has 52 valence electrons. The zero-order valence-electron chi connectivity index (χ0n) is 5.83. The number of carbonyl (C=O) groups is 1. The van der Waals surface area contributed by atoms with Crippen LogP contribution in [0.5, 0.6) is 0 Å². The summed E-state index contributed by atoms with van der Waals surface area (Å²) in [4.78, 5) is 13.1. The summed E-state index contributed by atoms with van der Waals surface area (Å²) >= 11 is 0. The second-order valence-electron chi connectivity index (χ2n) is 1.43. The predicted molar refractivity (Wildman–Crippen MR) is 30.3 cm³/mol. The van der Waals surface area contributed by atoms with Gasteiger partial charge in [0.05, 0.1) is 0 Å². The fourth-order valence-electron chi connectivity index (χ4n) is 0.276. The van der Waals surface area contributed by atoms with Gasteiger partial charge in [-0.3, -0.25) is 4.99 Å². The van der Waals surface area contributed by atoms with Gasteiger partial charge in [-0.1, -0.05) is 0 Å². The standard InChI is InChI=1S/C4H9N3O2.Na/c5-4(6)7-2-1-3(8)9;/h1-2H2,(H,8,9)(H4,5,6,7);/q;+1/p-1. The molecule has 6 heteroatoms. The molecule has 4 N–H and O–H groups in total.